The van der Waals surface area contributed by atoms with Crippen molar-refractivity contribution in [3.8, 4) is 0 Å². The average molecular weight is 552 g/mol. The van der Waals surface area contributed by atoms with Crippen LogP contribution in [0.1, 0.15) is 52.7 Å². The average Bonchev–Trinajstić information content (AvgIpc) is 3.06. The molecule has 0 saturated carbocycles. The van der Waals surface area contributed by atoms with Gasteiger partial charge in [-0.15, -0.1) is 35.3 Å². The number of nitrogens with zero attached hydrogens (tertiary/aromatic N) is 2. The molecule has 0 bridgehead atoms. The summed E-state index contributed by atoms with van der Waals surface area (Å²) in [5.74, 6) is -1.02. The zero-order chi connectivity index (χ0) is 21.4. The van der Waals surface area contributed by atoms with Gasteiger partial charge in [0.15, 0.2) is 5.96 Å². The van der Waals surface area contributed by atoms with E-state index in [2.05, 4.69) is 20.6 Å². The zero-order valence-electron chi connectivity index (χ0n) is 17.4. The number of rotatable bonds is 8. The van der Waals surface area contributed by atoms with Crippen molar-refractivity contribution in [2.75, 3.05) is 19.7 Å². The lowest BCUT2D eigenvalue weighted by Crippen LogP contribution is -2.38. The number of benzene rings is 1. The Morgan fingerprint density at radius 3 is 2.57 bits per heavy atom. The van der Waals surface area contributed by atoms with E-state index in [4.69, 9.17) is 4.74 Å². The normalized spacial score (nSPS) is 12.1. The number of guanidine groups is 1. The predicted octanol–water partition coefficient (Wildman–Crippen LogP) is 4.38. The van der Waals surface area contributed by atoms with Crippen molar-refractivity contribution in [3.63, 3.8) is 0 Å². The minimum atomic E-state index is -0.573. The smallest absolute Gasteiger partial charge is 0.350 e. The number of ether oxygens (including phenoxy) is 1. The van der Waals surface area contributed by atoms with Crippen LogP contribution in [0.5, 0.6) is 0 Å². The fourth-order valence-corrected chi connectivity index (χ4v) is 3.59. The van der Waals surface area contributed by atoms with E-state index in [1.54, 1.807) is 13.8 Å². The van der Waals surface area contributed by atoms with Gasteiger partial charge >= 0.3 is 5.97 Å². The third kappa shape index (κ3) is 7.15. The Morgan fingerprint density at radius 1 is 1.30 bits per heavy atom. The molecule has 0 spiro atoms. The minimum Gasteiger partial charge on any atom is -0.462 e. The van der Waals surface area contributed by atoms with Crippen LogP contribution < -0.4 is 10.6 Å². The number of carbonyl (C=O) groups is 1. The maximum absolute atomic E-state index is 13.8. The van der Waals surface area contributed by atoms with Crippen LogP contribution in [0.3, 0.4) is 0 Å². The maximum Gasteiger partial charge on any atom is 0.350 e. The topological polar surface area (TPSA) is 75.6 Å². The monoisotopic (exact) mass is 552 g/mol. The van der Waals surface area contributed by atoms with E-state index >= 15 is 0 Å². The standard InChI is InChI=1S/C20H26F2N4O2S.HI/c1-5-23-20(24-11-10-14-15(21)8-7-9-16(14)22)26-13(4)18-25-12(3)17(29-18)19(27)28-6-2;/h7-9,13H,5-6,10-11H2,1-4H3,(H2,23,24,26);1H. The van der Waals surface area contributed by atoms with Crippen molar-refractivity contribution >= 4 is 47.2 Å². The van der Waals surface area contributed by atoms with Crippen LogP contribution in [0, 0.1) is 18.6 Å². The van der Waals surface area contributed by atoms with Crippen molar-refractivity contribution in [1.29, 1.82) is 0 Å². The number of nitrogens with one attached hydrogen (secondary N) is 2. The molecule has 6 nitrogen and oxygen atoms in total. The van der Waals surface area contributed by atoms with Gasteiger partial charge in [-0.05, 0) is 46.2 Å². The van der Waals surface area contributed by atoms with Gasteiger partial charge in [0.1, 0.15) is 21.5 Å². The van der Waals surface area contributed by atoms with Crippen LogP contribution in [0.4, 0.5) is 8.78 Å². The lowest BCUT2D eigenvalue weighted by atomic mass is 10.1. The highest BCUT2D eigenvalue weighted by molar-refractivity contribution is 14.0. The van der Waals surface area contributed by atoms with Gasteiger partial charge in [-0.1, -0.05) is 6.07 Å². The largest absolute Gasteiger partial charge is 0.462 e. The molecule has 0 fully saturated rings. The van der Waals surface area contributed by atoms with Crippen molar-refractivity contribution in [2.45, 2.75) is 40.2 Å². The van der Waals surface area contributed by atoms with E-state index < -0.39 is 11.6 Å². The van der Waals surface area contributed by atoms with Gasteiger partial charge in [-0.3, -0.25) is 4.99 Å². The first-order chi connectivity index (χ1) is 13.9. The number of aryl methyl sites for hydroxylation is 1. The molecule has 1 atom stereocenters. The summed E-state index contributed by atoms with van der Waals surface area (Å²) in [6, 6.07) is 3.59. The van der Waals surface area contributed by atoms with E-state index in [9.17, 15) is 13.6 Å². The molecule has 166 valence electrons. The highest BCUT2D eigenvalue weighted by Gasteiger charge is 2.20. The molecule has 0 aliphatic heterocycles. The van der Waals surface area contributed by atoms with Crippen LogP contribution in [-0.4, -0.2) is 36.6 Å². The van der Waals surface area contributed by atoms with Crippen LogP contribution in [0.15, 0.2) is 23.2 Å². The second-order valence-corrected chi connectivity index (χ2v) is 7.29. The lowest BCUT2D eigenvalue weighted by molar-refractivity contribution is 0.0531. The fourth-order valence-electron chi connectivity index (χ4n) is 2.63. The Morgan fingerprint density at radius 2 is 1.97 bits per heavy atom. The van der Waals surface area contributed by atoms with Crippen molar-refractivity contribution in [1.82, 2.24) is 15.6 Å². The molecule has 2 N–H and O–H groups in total. The predicted molar refractivity (Wildman–Crippen MR) is 126 cm³/mol. The number of aliphatic imine (C=N–C) groups is 1. The van der Waals surface area contributed by atoms with Gasteiger partial charge in [0, 0.05) is 18.7 Å². The van der Waals surface area contributed by atoms with Gasteiger partial charge < -0.3 is 15.4 Å². The molecule has 0 saturated heterocycles. The Balaban J connectivity index is 0.00000450. The highest BCUT2D eigenvalue weighted by Crippen LogP contribution is 2.24. The number of esters is 1. The summed E-state index contributed by atoms with van der Waals surface area (Å²) in [6.07, 6.45) is 0.146. The summed E-state index contributed by atoms with van der Waals surface area (Å²) in [5.41, 5.74) is 0.642. The summed E-state index contributed by atoms with van der Waals surface area (Å²) in [5, 5.41) is 7.03. The van der Waals surface area contributed by atoms with Gasteiger partial charge in [-0.2, -0.15) is 0 Å². The molecule has 0 aliphatic carbocycles. The number of halogens is 3. The lowest BCUT2D eigenvalue weighted by Gasteiger charge is -2.16. The molecule has 1 unspecified atom stereocenters. The summed E-state index contributed by atoms with van der Waals surface area (Å²) >= 11 is 1.27. The van der Waals surface area contributed by atoms with Crippen LogP contribution in [0.25, 0.3) is 0 Å². The Hall–Kier alpha value is -1.82. The molecule has 1 heterocycles. The molecule has 30 heavy (non-hydrogen) atoms. The molecule has 2 aromatic rings. The zero-order valence-corrected chi connectivity index (χ0v) is 20.6. The van der Waals surface area contributed by atoms with Crippen LogP contribution >= 0.6 is 35.3 Å². The quantitative estimate of drug-likeness (QED) is 0.220. The number of thiazole rings is 1. The van der Waals surface area contributed by atoms with E-state index in [0.717, 1.165) is 5.01 Å². The Bertz CT molecular complexity index is 856. The Labute approximate surface area is 196 Å². The third-order valence-electron chi connectivity index (χ3n) is 4.04. The van der Waals surface area contributed by atoms with E-state index in [1.807, 2.05) is 13.8 Å². The fraction of sp³-hybridized carbons (Fsp3) is 0.450. The molecule has 10 heteroatoms. The molecule has 2 rings (SSSR count). The SMILES string of the molecule is CCNC(=NCCc1c(F)cccc1F)NC(C)c1nc(C)c(C(=O)OCC)s1.I. The van der Waals surface area contributed by atoms with Crippen molar-refractivity contribution < 1.29 is 18.3 Å². The molecular weight excluding hydrogens is 525 g/mol. The van der Waals surface area contributed by atoms with Gasteiger partial charge in [-0.25, -0.2) is 18.6 Å². The first-order valence-electron chi connectivity index (χ1n) is 9.49. The molecule has 1 aromatic heterocycles. The van der Waals surface area contributed by atoms with Crippen LogP contribution in [0.2, 0.25) is 0 Å². The number of aromatic nitrogens is 1. The summed E-state index contributed by atoms with van der Waals surface area (Å²) < 4.78 is 32.6. The minimum absolute atomic E-state index is 0. The molecule has 0 amide bonds. The Kier molecular flexibility index (Phi) is 11.2. The first kappa shape index (κ1) is 26.2. The maximum atomic E-state index is 13.8. The summed E-state index contributed by atoms with van der Waals surface area (Å²) in [4.78, 5) is 21.3. The molecular formula is C20H27F2IN4O2S. The van der Waals surface area contributed by atoms with E-state index in [-0.39, 0.29) is 54.5 Å². The second-order valence-electron chi connectivity index (χ2n) is 6.26. The number of carbonyl (C=O) groups excluding carboxylic acids is 1. The number of hydrogen-bond donors (Lipinski definition) is 2. The first-order valence-corrected chi connectivity index (χ1v) is 10.3. The molecule has 1 aromatic carbocycles. The highest BCUT2D eigenvalue weighted by atomic mass is 127. The van der Waals surface area contributed by atoms with Crippen LogP contribution in [-0.2, 0) is 11.2 Å². The third-order valence-corrected chi connectivity index (χ3v) is 5.36. The summed E-state index contributed by atoms with van der Waals surface area (Å²) in [7, 11) is 0. The van der Waals surface area contributed by atoms with E-state index in [0.29, 0.717) is 29.7 Å². The summed E-state index contributed by atoms with van der Waals surface area (Å²) in [6.45, 7) is 8.48. The number of hydrogen-bond acceptors (Lipinski definition) is 5. The second kappa shape index (κ2) is 12.8. The molecule has 0 radical (unpaired) electrons. The van der Waals surface area contributed by atoms with Gasteiger partial charge in [0.25, 0.3) is 0 Å². The van der Waals surface area contributed by atoms with E-state index in [1.165, 1.54) is 29.5 Å². The van der Waals surface area contributed by atoms with Crippen molar-refractivity contribution in [3.05, 3.63) is 51.0 Å². The van der Waals surface area contributed by atoms with Gasteiger partial charge in [0.05, 0.1) is 18.3 Å². The van der Waals surface area contributed by atoms with Gasteiger partial charge in [0.2, 0.25) is 0 Å². The van der Waals surface area contributed by atoms with Crippen molar-refractivity contribution in [2.24, 2.45) is 4.99 Å². The molecule has 0 aliphatic rings.